The largest absolute Gasteiger partial charge is 0.460 e. The van der Waals surface area contributed by atoms with E-state index in [9.17, 15) is 9.59 Å². The third-order valence-corrected chi connectivity index (χ3v) is 6.18. The first kappa shape index (κ1) is 31.3. The van der Waals surface area contributed by atoms with Crippen LogP contribution in [-0.2, 0) is 14.2 Å². The molecule has 0 amide bonds. The maximum atomic E-state index is 12.3. The van der Waals surface area contributed by atoms with Gasteiger partial charge in [-0.1, -0.05) is 64.7 Å². The van der Waals surface area contributed by atoms with Crippen molar-refractivity contribution in [1.82, 2.24) is 0 Å². The van der Waals surface area contributed by atoms with E-state index < -0.39 is 11.9 Å². The maximum absolute atomic E-state index is 12.3. The van der Waals surface area contributed by atoms with E-state index in [2.05, 4.69) is 12.2 Å². The molecule has 0 bridgehead atoms. The van der Waals surface area contributed by atoms with Gasteiger partial charge < -0.3 is 24.3 Å². The van der Waals surface area contributed by atoms with Crippen LogP contribution in [0.1, 0.15) is 91.8 Å². The molecule has 0 unspecified atom stereocenters. The molecule has 0 atom stereocenters. The van der Waals surface area contributed by atoms with Gasteiger partial charge in [-0.15, -0.1) is 0 Å². The molecule has 2 rings (SSSR count). The predicted molar refractivity (Wildman–Crippen MR) is 151 cm³/mol. The molecule has 0 spiro atoms. The Hall–Kier alpha value is -2.90. The average molecular weight is 528 g/mol. The summed E-state index contributed by atoms with van der Waals surface area (Å²) in [5.74, 6) is -0.513. The molecular formula is C31H45NO6. The third kappa shape index (κ3) is 13.6. The van der Waals surface area contributed by atoms with E-state index >= 15 is 0 Å². The van der Waals surface area contributed by atoms with Crippen LogP contribution in [-0.4, -0.2) is 52.0 Å². The van der Waals surface area contributed by atoms with Crippen LogP contribution in [0, 0.1) is 0 Å². The highest BCUT2D eigenvalue weighted by molar-refractivity contribution is 5.94. The zero-order valence-electron chi connectivity index (χ0n) is 23.2. The number of hydrogen-bond acceptors (Lipinski definition) is 7. The van der Waals surface area contributed by atoms with Crippen molar-refractivity contribution in [3.63, 3.8) is 0 Å². The number of rotatable bonds is 21. The average Bonchev–Trinajstić information content (AvgIpc) is 2.95. The zero-order valence-corrected chi connectivity index (χ0v) is 23.2. The highest BCUT2D eigenvalue weighted by Gasteiger charge is 2.12. The van der Waals surface area contributed by atoms with Crippen molar-refractivity contribution in [3.05, 3.63) is 59.7 Å². The third-order valence-electron chi connectivity index (χ3n) is 6.18. The molecule has 0 radical (unpaired) electrons. The first-order valence-electron chi connectivity index (χ1n) is 14.1. The summed E-state index contributed by atoms with van der Waals surface area (Å²) in [7, 11) is 1.82. The van der Waals surface area contributed by atoms with Gasteiger partial charge in [0.25, 0.3) is 0 Å². The van der Waals surface area contributed by atoms with Gasteiger partial charge in [0.1, 0.15) is 12.4 Å². The Morgan fingerprint density at radius 2 is 1.11 bits per heavy atom. The molecule has 0 aliphatic heterocycles. The summed E-state index contributed by atoms with van der Waals surface area (Å²) in [6.07, 6.45) is 13.1. The molecule has 2 aromatic carbocycles. The van der Waals surface area contributed by atoms with Crippen LogP contribution >= 0.6 is 0 Å². The Morgan fingerprint density at radius 3 is 1.68 bits per heavy atom. The highest BCUT2D eigenvalue weighted by atomic mass is 16.6. The number of hydrogen-bond donors (Lipinski definition) is 1. The van der Waals surface area contributed by atoms with Crippen LogP contribution in [0.2, 0.25) is 0 Å². The molecule has 0 aromatic heterocycles. The number of benzene rings is 2. The summed E-state index contributed by atoms with van der Waals surface area (Å²) >= 11 is 0. The van der Waals surface area contributed by atoms with Crippen LogP contribution in [0.4, 0.5) is 5.69 Å². The van der Waals surface area contributed by atoms with Gasteiger partial charge in [0.15, 0.2) is 0 Å². The minimum atomic E-state index is -0.495. The van der Waals surface area contributed by atoms with Gasteiger partial charge in [-0.3, -0.25) is 0 Å². The predicted octanol–water partition coefficient (Wildman–Crippen LogP) is 7.06. The van der Waals surface area contributed by atoms with E-state index in [1.54, 1.807) is 36.4 Å². The summed E-state index contributed by atoms with van der Waals surface area (Å²) in [4.78, 5) is 24.5. The fourth-order valence-electron chi connectivity index (χ4n) is 3.89. The first-order chi connectivity index (χ1) is 18.6. The molecular weight excluding hydrogens is 482 g/mol. The van der Waals surface area contributed by atoms with Gasteiger partial charge in [-0.05, 0) is 55.0 Å². The van der Waals surface area contributed by atoms with E-state index in [1.807, 2.05) is 19.2 Å². The molecule has 0 aliphatic carbocycles. The van der Waals surface area contributed by atoms with Gasteiger partial charge in [0, 0.05) is 19.3 Å². The smallest absolute Gasteiger partial charge is 0.343 e. The number of unbranched alkanes of at least 4 members (excludes halogenated alkanes) is 9. The van der Waals surface area contributed by atoms with Crippen LogP contribution in [0.15, 0.2) is 48.5 Å². The van der Waals surface area contributed by atoms with E-state index in [0.29, 0.717) is 36.7 Å². The minimum Gasteiger partial charge on any atom is -0.460 e. The quantitative estimate of drug-likeness (QED) is 0.106. The molecule has 2 aromatic rings. The lowest BCUT2D eigenvalue weighted by molar-refractivity contribution is 0.0141. The SMILES string of the molecule is CCCCCCCCCCCCOCCOCCOC(=O)c1ccc(C(=O)Oc2ccc(NC)cc2)cc1. The van der Waals surface area contributed by atoms with Crippen LogP contribution in [0.3, 0.4) is 0 Å². The summed E-state index contributed by atoms with van der Waals surface area (Å²) < 4.78 is 21.7. The molecule has 0 aliphatic rings. The highest BCUT2D eigenvalue weighted by Crippen LogP contribution is 2.17. The van der Waals surface area contributed by atoms with E-state index in [0.717, 1.165) is 18.7 Å². The Balaban J connectivity index is 1.46. The molecule has 38 heavy (non-hydrogen) atoms. The van der Waals surface area contributed by atoms with Gasteiger partial charge in [0.05, 0.1) is 30.9 Å². The number of esters is 2. The van der Waals surface area contributed by atoms with Crippen molar-refractivity contribution in [3.8, 4) is 5.75 Å². The summed E-state index contributed by atoms with van der Waals surface area (Å²) in [6, 6.07) is 13.2. The van der Waals surface area contributed by atoms with Crippen LogP contribution < -0.4 is 10.1 Å². The van der Waals surface area contributed by atoms with Crippen LogP contribution in [0.5, 0.6) is 5.75 Å². The van der Waals surface area contributed by atoms with Crippen molar-refractivity contribution in [1.29, 1.82) is 0 Å². The number of carbonyl (C=O) groups excluding carboxylic acids is 2. The van der Waals surface area contributed by atoms with Crippen molar-refractivity contribution in [2.75, 3.05) is 45.4 Å². The second-order valence-electron chi connectivity index (χ2n) is 9.28. The summed E-state index contributed by atoms with van der Waals surface area (Å²) in [6.45, 7) is 4.50. The normalized spacial score (nSPS) is 10.8. The molecule has 0 fully saturated rings. The minimum absolute atomic E-state index is 0.156. The van der Waals surface area contributed by atoms with E-state index in [-0.39, 0.29) is 6.61 Å². The molecule has 0 saturated carbocycles. The summed E-state index contributed by atoms with van der Waals surface area (Å²) in [5.41, 5.74) is 1.63. The topological polar surface area (TPSA) is 83.1 Å². The standard InChI is InChI=1S/C31H45NO6/c1-3-4-5-6-7-8-9-10-11-12-21-35-22-23-36-24-25-37-30(33)26-13-15-27(16-14-26)31(34)38-29-19-17-28(32-2)18-20-29/h13-20,32H,3-12,21-25H2,1-2H3. The fraction of sp³-hybridized carbons (Fsp3) is 0.548. The molecule has 1 N–H and O–H groups in total. The van der Waals surface area contributed by atoms with Gasteiger partial charge >= 0.3 is 11.9 Å². The van der Waals surface area contributed by atoms with Gasteiger partial charge in [-0.25, -0.2) is 9.59 Å². The Labute approximate surface area is 228 Å². The van der Waals surface area contributed by atoms with Gasteiger partial charge in [-0.2, -0.15) is 0 Å². The van der Waals surface area contributed by atoms with E-state index in [1.165, 1.54) is 57.8 Å². The summed E-state index contributed by atoms with van der Waals surface area (Å²) in [5, 5.41) is 3.00. The van der Waals surface area contributed by atoms with Crippen molar-refractivity contribution in [2.24, 2.45) is 0 Å². The lowest BCUT2D eigenvalue weighted by atomic mass is 10.1. The number of ether oxygens (including phenoxy) is 4. The number of anilines is 1. The monoisotopic (exact) mass is 527 g/mol. The lowest BCUT2D eigenvalue weighted by Crippen LogP contribution is -2.14. The Morgan fingerprint density at radius 1 is 0.605 bits per heavy atom. The van der Waals surface area contributed by atoms with Gasteiger partial charge in [0.2, 0.25) is 0 Å². The maximum Gasteiger partial charge on any atom is 0.343 e. The van der Waals surface area contributed by atoms with Crippen molar-refractivity contribution < 1.29 is 28.5 Å². The second kappa shape index (κ2) is 20.1. The molecule has 0 heterocycles. The first-order valence-corrected chi connectivity index (χ1v) is 14.1. The number of carbonyl (C=O) groups is 2. The lowest BCUT2D eigenvalue weighted by Gasteiger charge is -2.08. The van der Waals surface area contributed by atoms with Crippen molar-refractivity contribution in [2.45, 2.75) is 71.1 Å². The van der Waals surface area contributed by atoms with Crippen LogP contribution in [0.25, 0.3) is 0 Å². The van der Waals surface area contributed by atoms with E-state index in [4.69, 9.17) is 18.9 Å². The molecule has 0 saturated heterocycles. The number of nitrogens with one attached hydrogen (secondary N) is 1. The molecule has 210 valence electrons. The molecule has 7 heteroatoms. The second-order valence-corrected chi connectivity index (χ2v) is 9.28. The fourth-order valence-corrected chi connectivity index (χ4v) is 3.89. The molecule has 7 nitrogen and oxygen atoms in total. The Bertz CT molecular complexity index is 898. The zero-order chi connectivity index (χ0) is 27.3. The van der Waals surface area contributed by atoms with Crippen molar-refractivity contribution >= 4 is 17.6 Å². The Kier molecular flexibility index (Phi) is 16.6.